The van der Waals surface area contributed by atoms with Crippen LogP contribution in [0.25, 0.3) is 6.08 Å². The number of carbonyl (C=O) groups excluding carboxylic acids is 1. The fourth-order valence-corrected chi connectivity index (χ4v) is 2.51. The summed E-state index contributed by atoms with van der Waals surface area (Å²) >= 11 is 7.13. The van der Waals surface area contributed by atoms with Crippen LogP contribution < -0.4 is 0 Å². The molecule has 92 valence electrons. The van der Waals surface area contributed by atoms with Gasteiger partial charge in [0.15, 0.2) is 0 Å². The minimum Gasteiger partial charge on any atom is -0.282 e. The van der Waals surface area contributed by atoms with Crippen molar-refractivity contribution >= 4 is 47.3 Å². The Hall–Kier alpha value is -0.320. The zero-order valence-corrected chi connectivity index (χ0v) is 12.5. The van der Waals surface area contributed by atoms with Gasteiger partial charge in [0.1, 0.15) is 0 Å². The van der Waals surface area contributed by atoms with E-state index in [1.807, 2.05) is 31.4 Å². The Balaban J connectivity index is 2.69. The predicted molar refractivity (Wildman–Crippen MR) is 83.2 cm³/mol. The van der Waals surface area contributed by atoms with Gasteiger partial charge in [-0.1, -0.05) is 23.9 Å². The summed E-state index contributed by atoms with van der Waals surface area (Å²) in [5, 5.41) is 0.132. The maximum atomic E-state index is 11.7. The molecule has 0 aliphatic carbocycles. The second-order valence-electron chi connectivity index (χ2n) is 3.46. The molecule has 0 N–H and O–H groups in total. The molecular formula is C13H16OS3. The van der Waals surface area contributed by atoms with E-state index in [9.17, 15) is 4.79 Å². The van der Waals surface area contributed by atoms with E-state index in [4.69, 9.17) is 0 Å². The zero-order valence-electron chi connectivity index (χ0n) is 9.97. The minimum absolute atomic E-state index is 0.132. The third-order valence-electron chi connectivity index (χ3n) is 2.15. The van der Waals surface area contributed by atoms with Crippen molar-refractivity contribution in [2.45, 2.75) is 11.8 Å². The normalized spacial score (nSPS) is 11.6. The summed E-state index contributed by atoms with van der Waals surface area (Å²) in [6, 6.07) is 8.20. The number of hydrogen-bond donors (Lipinski definition) is 1. The maximum absolute atomic E-state index is 11.7. The molecule has 0 aliphatic rings. The summed E-state index contributed by atoms with van der Waals surface area (Å²) < 4.78 is 0. The minimum atomic E-state index is 0.132. The molecule has 1 aromatic carbocycles. The molecule has 1 aromatic rings. The van der Waals surface area contributed by atoms with Gasteiger partial charge in [0, 0.05) is 16.2 Å². The fourth-order valence-electron chi connectivity index (χ4n) is 1.26. The van der Waals surface area contributed by atoms with Crippen LogP contribution in [0.2, 0.25) is 0 Å². The molecule has 0 saturated carbocycles. The summed E-state index contributed by atoms with van der Waals surface area (Å²) in [5.74, 6) is 1.49. The Labute approximate surface area is 117 Å². The summed E-state index contributed by atoms with van der Waals surface area (Å²) in [6.07, 6.45) is 3.98. The summed E-state index contributed by atoms with van der Waals surface area (Å²) in [5.41, 5.74) is 1.86. The van der Waals surface area contributed by atoms with Gasteiger partial charge in [-0.05, 0) is 42.7 Å². The Morgan fingerprint density at radius 3 is 2.53 bits per heavy atom. The summed E-state index contributed by atoms with van der Waals surface area (Å²) in [6.45, 7) is 1.86. The lowest BCUT2D eigenvalue weighted by Gasteiger charge is -2.01. The molecule has 0 atom stereocenters. The molecule has 1 nitrogen and oxygen atoms in total. The lowest BCUT2D eigenvalue weighted by atomic mass is 10.1. The number of thiol groups is 1. The molecular weight excluding hydrogens is 268 g/mol. The van der Waals surface area contributed by atoms with Crippen molar-refractivity contribution in [2.75, 3.05) is 17.8 Å². The SMILES string of the molecule is CSc1ccc(/C=C(\C)C(=O)SCCS)cc1. The fraction of sp³-hybridized carbons (Fsp3) is 0.308. The Bertz CT molecular complexity index is 396. The van der Waals surface area contributed by atoms with E-state index < -0.39 is 0 Å². The van der Waals surface area contributed by atoms with Gasteiger partial charge >= 0.3 is 0 Å². The molecule has 4 heteroatoms. The molecule has 0 heterocycles. The van der Waals surface area contributed by atoms with Gasteiger partial charge in [-0.25, -0.2) is 0 Å². The van der Waals surface area contributed by atoms with Crippen LogP contribution in [0.15, 0.2) is 34.7 Å². The lowest BCUT2D eigenvalue weighted by Crippen LogP contribution is -1.95. The van der Waals surface area contributed by atoms with Crippen LogP contribution in [-0.2, 0) is 4.79 Å². The molecule has 0 saturated heterocycles. The number of thioether (sulfide) groups is 2. The van der Waals surface area contributed by atoms with Gasteiger partial charge in [-0.2, -0.15) is 12.6 Å². The first-order valence-electron chi connectivity index (χ1n) is 5.27. The van der Waals surface area contributed by atoms with Gasteiger partial charge in [0.25, 0.3) is 0 Å². The zero-order chi connectivity index (χ0) is 12.7. The quantitative estimate of drug-likeness (QED) is 0.500. The van der Waals surface area contributed by atoms with Crippen LogP contribution in [0.3, 0.4) is 0 Å². The van der Waals surface area contributed by atoms with E-state index in [1.165, 1.54) is 16.7 Å². The first kappa shape index (κ1) is 14.7. The Kier molecular flexibility index (Phi) is 6.85. The van der Waals surface area contributed by atoms with Crippen molar-refractivity contribution in [2.24, 2.45) is 0 Å². The van der Waals surface area contributed by atoms with E-state index in [0.29, 0.717) is 0 Å². The largest absolute Gasteiger partial charge is 0.282 e. The van der Waals surface area contributed by atoms with Gasteiger partial charge < -0.3 is 0 Å². The van der Waals surface area contributed by atoms with E-state index in [0.717, 1.165) is 22.6 Å². The topological polar surface area (TPSA) is 17.1 Å². The highest BCUT2D eigenvalue weighted by Crippen LogP contribution is 2.18. The first-order chi connectivity index (χ1) is 8.17. The molecule has 0 unspecified atom stereocenters. The van der Waals surface area contributed by atoms with Crippen molar-refractivity contribution in [3.63, 3.8) is 0 Å². The molecule has 0 aliphatic heterocycles. The molecule has 17 heavy (non-hydrogen) atoms. The molecule has 0 aromatic heterocycles. The van der Waals surface area contributed by atoms with Crippen LogP contribution in [0.1, 0.15) is 12.5 Å². The summed E-state index contributed by atoms with van der Waals surface area (Å²) in [7, 11) is 0. The number of benzene rings is 1. The van der Waals surface area contributed by atoms with E-state index in [2.05, 4.69) is 24.8 Å². The van der Waals surface area contributed by atoms with Crippen molar-refractivity contribution < 1.29 is 4.79 Å². The van der Waals surface area contributed by atoms with Gasteiger partial charge in [0.2, 0.25) is 5.12 Å². The van der Waals surface area contributed by atoms with Gasteiger partial charge in [-0.15, -0.1) is 11.8 Å². The van der Waals surface area contributed by atoms with Crippen LogP contribution in [0, 0.1) is 0 Å². The molecule has 0 fully saturated rings. The smallest absolute Gasteiger partial charge is 0.215 e. The van der Waals surface area contributed by atoms with Crippen LogP contribution in [0.4, 0.5) is 0 Å². The third kappa shape index (κ3) is 5.23. The third-order valence-corrected chi connectivity index (χ3v) is 4.41. The van der Waals surface area contributed by atoms with Gasteiger partial charge in [-0.3, -0.25) is 4.79 Å². The van der Waals surface area contributed by atoms with Crippen LogP contribution >= 0.6 is 36.2 Å². The highest BCUT2D eigenvalue weighted by Gasteiger charge is 2.04. The number of hydrogen-bond acceptors (Lipinski definition) is 4. The van der Waals surface area contributed by atoms with E-state index in [1.54, 1.807) is 11.8 Å². The molecule has 0 spiro atoms. The van der Waals surface area contributed by atoms with Crippen molar-refractivity contribution in [1.82, 2.24) is 0 Å². The summed E-state index contributed by atoms with van der Waals surface area (Å²) in [4.78, 5) is 12.9. The molecule has 1 rings (SSSR count). The Morgan fingerprint density at radius 2 is 2.00 bits per heavy atom. The standard InChI is InChI=1S/C13H16OS3/c1-10(13(14)17-8-7-15)9-11-3-5-12(16-2)6-4-11/h3-6,9,15H,7-8H2,1-2H3/b10-9+. The van der Waals surface area contributed by atoms with Crippen molar-refractivity contribution in [3.8, 4) is 0 Å². The van der Waals surface area contributed by atoms with Gasteiger partial charge in [0.05, 0.1) is 0 Å². The number of rotatable bonds is 5. The van der Waals surface area contributed by atoms with Crippen molar-refractivity contribution in [3.05, 3.63) is 35.4 Å². The monoisotopic (exact) mass is 284 g/mol. The predicted octanol–water partition coefficient (Wildman–Crippen LogP) is 4.00. The first-order valence-corrected chi connectivity index (χ1v) is 8.12. The highest BCUT2D eigenvalue weighted by molar-refractivity contribution is 8.14. The highest BCUT2D eigenvalue weighted by atomic mass is 32.2. The van der Waals surface area contributed by atoms with E-state index in [-0.39, 0.29) is 5.12 Å². The average Bonchev–Trinajstić information content (AvgIpc) is 2.36. The second-order valence-corrected chi connectivity index (χ2v) is 5.85. The lowest BCUT2D eigenvalue weighted by molar-refractivity contribution is -0.107. The van der Waals surface area contributed by atoms with Crippen LogP contribution in [0.5, 0.6) is 0 Å². The number of carbonyl (C=O) groups is 1. The average molecular weight is 284 g/mol. The molecule has 0 bridgehead atoms. The van der Waals surface area contributed by atoms with E-state index >= 15 is 0 Å². The second kappa shape index (κ2) is 7.90. The van der Waals surface area contributed by atoms with Crippen LogP contribution in [-0.4, -0.2) is 22.9 Å². The Morgan fingerprint density at radius 1 is 1.35 bits per heavy atom. The molecule has 0 amide bonds. The van der Waals surface area contributed by atoms with Crippen molar-refractivity contribution in [1.29, 1.82) is 0 Å². The maximum Gasteiger partial charge on any atom is 0.215 e. The molecule has 0 radical (unpaired) electrons.